The van der Waals surface area contributed by atoms with Crippen molar-refractivity contribution >= 4 is 5.96 Å². The van der Waals surface area contributed by atoms with Crippen molar-refractivity contribution in [3.8, 4) is 0 Å². The van der Waals surface area contributed by atoms with Gasteiger partial charge in [-0.05, 0) is 43.9 Å². The molecule has 0 aliphatic carbocycles. The smallest absolute Gasteiger partial charge is 0.194 e. The number of aliphatic imine (C=N–C) groups is 1. The Kier molecular flexibility index (Phi) is 4.85. The first kappa shape index (κ1) is 16.2. The number of guanidine groups is 1. The summed E-state index contributed by atoms with van der Waals surface area (Å²) in [7, 11) is 0. The summed E-state index contributed by atoms with van der Waals surface area (Å²) in [4.78, 5) is 7.04. The average Bonchev–Trinajstić information content (AvgIpc) is 3.17. The van der Waals surface area contributed by atoms with Crippen LogP contribution in [-0.4, -0.2) is 43.7 Å². The van der Waals surface area contributed by atoms with Crippen LogP contribution in [-0.2, 0) is 11.3 Å². The van der Waals surface area contributed by atoms with E-state index in [1.54, 1.807) is 13.0 Å². The number of hydrogen-bond acceptors (Lipinski definition) is 2. The molecule has 1 aromatic carbocycles. The van der Waals surface area contributed by atoms with Gasteiger partial charge >= 0.3 is 0 Å². The molecular formula is C18H26FN3O. The lowest BCUT2D eigenvalue weighted by Gasteiger charge is -2.25. The number of halogens is 1. The van der Waals surface area contributed by atoms with E-state index in [0.717, 1.165) is 57.2 Å². The minimum absolute atomic E-state index is 0.161. The molecule has 0 aromatic heterocycles. The number of hydrogen-bond donors (Lipinski definition) is 1. The fourth-order valence-electron chi connectivity index (χ4n) is 3.41. The molecular weight excluding hydrogens is 293 g/mol. The quantitative estimate of drug-likeness (QED) is 0.687. The predicted molar refractivity (Wildman–Crippen MR) is 90.0 cm³/mol. The molecule has 0 bridgehead atoms. The van der Waals surface area contributed by atoms with Crippen LogP contribution in [0.3, 0.4) is 0 Å². The maximum atomic E-state index is 13.7. The van der Waals surface area contributed by atoms with E-state index in [0.29, 0.717) is 17.5 Å². The standard InChI is InChI=1S/C18H26FN3O/c1-3-20-17(21-11-15-5-4-14(2)16(19)10-15)22-8-6-18(12-22)7-9-23-13-18/h4-5,10H,3,6-9,11-13H2,1-2H3,(H,20,21). The number of likely N-dealkylation sites (tertiary alicyclic amines) is 1. The minimum Gasteiger partial charge on any atom is -0.381 e. The molecule has 4 nitrogen and oxygen atoms in total. The highest BCUT2D eigenvalue weighted by atomic mass is 19.1. The van der Waals surface area contributed by atoms with Crippen molar-refractivity contribution in [1.29, 1.82) is 0 Å². The Morgan fingerprint density at radius 3 is 3.00 bits per heavy atom. The lowest BCUT2D eigenvalue weighted by molar-refractivity contribution is 0.156. The molecule has 2 heterocycles. The molecule has 1 atom stereocenters. The first-order chi connectivity index (χ1) is 11.1. The number of benzene rings is 1. The maximum absolute atomic E-state index is 13.7. The summed E-state index contributed by atoms with van der Waals surface area (Å²) in [5.74, 6) is 0.767. The minimum atomic E-state index is -0.161. The molecule has 2 saturated heterocycles. The van der Waals surface area contributed by atoms with E-state index in [1.807, 2.05) is 12.1 Å². The molecule has 1 N–H and O–H groups in total. The average molecular weight is 319 g/mol. The van der Waals surface area contributed by atoms with Gasteiger partial charge < -0.3 is 15.0 Å². The van der Waals surface area contributed by atoms with Crippen LogP contribution in [0.2, 0.25) is 0 Å². The highest BCUT2D eigenvalue weighted by molar-refractivity contribution is 5.80. The molecule has 2 fully saturated rings. The van der Waals surface area contributed by atoms with Gasteiger partial charge in [0.05, 0.1) is 13.2 Å². The number of ether oxygens (including phenoxy) is 1. The molecule has 126 valence electrons. The fraction of sp³-hybridized carbons (Fsp3) is 0.611. The van der Waals surface area contributed by atoms with Gasteiger partial charge in [-0.3, -0.25) is 0 Å². The summed E-state index contributed by atoms with van der Waals surface area (Å²) in [6, 6.07) is 5.34. The third kappa shape index (κ3) is 3.66. The Hall–Kier alpha value is -1.62. The lowest BCUT2D eigenvalue weighted by atomic mass is 9.87. The van der Waals surface area contributed by atoms with Crippen LogP contribution < -0.4 is 5.32 Å². The summed E-state index contributed by atoms with van der Waals surface area (Å²) < 4.78 is 19.3. The SMILES string of the molecule is CCNC(=NCc1ccc(C)c(F)c1)N1CCC2(CCOC2)C1. The number of nitrogens with zero attached hydrogens (tertiary/aromatic N) is 2. The van der Waals surface area contributed by atoms with Crippen LogP contribution in [0.5, 0.6) is 0 Å². The molecule has 0 amide bonds. The molecule has 1 aromatic rings. The zero-order chi connectivity index (χ0) is 16.3. The first-order valence-electron chi connectivity index (χ1n) is 8.48. The van der Waals surface area contributed by atoms with E-state index in [2.05, 4.69) is 17.1 Å². The van der Waals surface area contributed by atoms with Gasteiger partial charge in [0.2, 0.25) is 0 Å². The van der Waals surface area contributed by atoms with Crippen LogP contribution in [0.15, 0.2) is 23.2 Å². The van der Waals surface area contributed by atoms with Gasteiger partial charge in [0.15, 0.2) is 5.96 Å². The molecule has 0 saturated carbocycles. The van der Waals surface area contributed by atoms with Crippen LogP contribution in [0.1, 0.15) is 30.9 Å². The summed E-state index contributed by atoms with van der Waals surface area (Å²) >= 11 is 0. The van der Waals surface area contributed by atoms with Crippen molar-refractivity contribution in [1.82, 2.24) is 10.2 Å². The molecule has 23 heavy (non-hydrogen) atoms. The highest BCUT2D eigenvalue weighted by Crippen LogP contribution is 2.38. The zero-order valence-electron chi connectivity index (χ0n) is 14.1. The van der Waals surface area contributed by atoms with Gasteiger partial charge in [0.1, 0.15) is 5.82 Å². The monoisotopic (exact) mass is 319 g/mol. The van der Waals surface area contributed by atoms with Crippen LogP contribution in [0, 0.1) is 18.2 Å². The Labute approximate surface area is 137 Å². The molecule has 2 aliphatic heterocycles. The highest BCUT2D eigenvalue weighted by Gasteiger charge is 2.42. The van der Waals surface area contributed by atoms with Gasteiger partial charge in [0, 0.05) is 31.7 Å². The second kappa shape index (κ2) is 6.87. The van der Waals surface area contributed by atoms with E-state index in [9.17, 15) is 4.39 Å². The maximum Gasteiger partial charge on any atom is 0.194 e. The predicted octanol–water partition coefficient (Wildman–Crippen LogP) is 2.71. The number of aryl methyl sites for hydroxylation is 1. The summed E-state index contributed by atoms with van der Waals surface area (Å²) in [6.07, 6.45) is 2.31. The third-order valence-electron chi connectivity index (χ3n) is 4.91. The molecule has 1 unspecified atom stereocenters. The van der Waals surface area contributed by atoms with Crippen molar-refractivity contribution in [3.05, 3.63) is 35.1 Å². The summed E-state index contributed by atoms with van der Waals surface area (Å²) in [6.45, 7) is 8.95. The molecule has 1 spiro atoms. The lowest BCUT2D eigenvalue weighted by Crippen LogP contribution is -2.41. The van der Waals surface area contributed by atoms with Gasteiger partial charge in [-0.1, -0.05) is 12.1 Å². The zero-order valence-corrected chi connectivity index (χ0v) is 14.1. The second-order valence-corrected chi connectivity index (χ2v) is 6.73. The van der Waals surface area contributed by atoms with Crippen molar-refractivity contribution in [2.75, 3.05) is 32.8 Å². The molecule has 2 aliphatic rings. The van der Waals surface area contributed by atoms with E-state index in [-0.39, 0.29) is 5.82 Å². The molecule has 5 heteroatoms. The normalized spacial score (nSPS) is 24.7. The van der Waals surface area contributed by atoms with Crippen LogP contribution in [0.25, 0.3) is 0 Å². The largest absolute Gasteiger partial charge is 0.381 e. The van der Waals surface area contributed by atoms with Crippen molar-refractivity contribution in [2.24, 2.45) is 10.4 Å². The van der Waals surface area contributed by atoms with E-state index in [4.69, 9.17) is 9.73 Å². The van der Waals surface area contributed by atoms with Crippen LogP contribution >= 0.6 is 0 Å². The molecule has 0 radical (unpaired) electrons. The van der Waals surface area contributed by atoms with Crippen molar-refractivity contribution in [3.63, 3.8) is 0 Å². The van der Waals surface area contributed by atoms with E-state index >= 15 is 0 Å². The summed E-state index contributed by atoms with van der Waals surface area (Å²) in [5.41, 5.74) is 1.89. The Morgan fingerprint density at radius 1 is 1.43 bits per heavy atom. The van der Waals surface area contributed by atoms with E-state index in [1.165, 1.54) is 0 Å². The third-order valence-corrected chi connectivity index (χ3v) is 4.91. The summed E-state index contributed by atoms with van der Waals surface area (Å²) in [5, 5.41) is 3.37. The van der Waals surface area contributed by atoms with Crippen molar-refractivity contribution in [2.45, 2.75) is 33.2 Å². The second-order valence-electron chi connectivity index (χ2n) is 6.73. The number of rotatable bonds is 3. The Balaban J connectivity index is 1.69. The first-order valence-corrected chi connectivity index (χ1v) is 8.48. The van der Waals surface area contributed by atoms with Gasteiger partial charge in [-0.15, -0.1) is 0 Å². The fourth-order valence-corrected chi connectivity index (χ4v) is 3.41. The Morgan fingerprint density at radius 2 is 2.30 bits per heavy atom. The van der Waals surface area contributed by atoms with Crippen molar-refractivity contribution < 1.29 is 9.13 Å². The van der Waals surface area contributed by atoms with Gasteiger partial charge in [0.25, 0.3) is 0 Å². The topological polar surface area (TPSA) is 36.9 Å². The van der Waals surface area contributed by atoms with Crippen LogP contribution in [0.4, 0.5) is 4.39 Å². The Bertz CT molecular complexity index is 582. The van der Waals surface area contributed by atoms with Gasteiger partial charge in [-0.25, -0.2) is 9.38 Å². The number of nitrogens with one attached hydrogen (secondary N) is 1. The molecule has 3 rings (SSSR count). The van der Waals surface area contributed by atoms with E-state index < -0.39 is 0 Å². The van der Waals surface area contributed by atoms with Gasteiger partial charge in [-0.2, -0.15) is 0 Å².